The lowest BCUT2D eigenvalue weighted by Crippen LogP contribution is -2.11. The van der Waals surface area contributed by atoms with Crippen LogP contribution >= 0.6 is 38.9 Å². The Morgan fingerprint density at radius 1 is 1.28 bits per heavy atom. The lowest BCUT2D eigenvalue weighted by Gasteiger charge is -2.08. The fraction of sp³-hybridized carbons (Fsp3) is 0. The summed E-state index contributed by atoms with van der Waals surface area (Å²) >= 11 is 9.75. The van der Waals surface area contributed by atoms with E-state index in [1.807, 2.05) is 0 Å². The number of nitrogens with one attached hydrogen (secondary N) is 1. The SMILES string of the molecule is O=S(=O)(Nc1cccc(Br)c1O)c1ccc(Cl)s1. The Labute approximate surface area is 121 Å². The van der Waals surface area contributed by atoms with Gasteiger partial charge in [-0.25, -0.2) is 8.42 Å². The van der Waals surface area contributed by atoms with E-state index in [0.29, 0.717) is 8.81 Å². The van der Waals surface area contributed by atoms with Crippen LogP contribution in [0, 0.1) is 0 Å². The van der Waals surface area contributed by atoms with Gasteiger partial charge in [0.25, 0.3) is 10.0 Å². The Bertz CT molecular complexity index is 684. The minimum atomic E-state index is -3.73. The topological polar surface area (TPSA) is 66.4 Å². The third-order valence-corrected chi connectivity index (χ3v) is 5.77. The third kappa shape index (κ3) is 2.80. The van der Waals surface area contributed by atoms with Gasteiger partial charge in [-0.1, -0.05) is 17.7 Å². The molecule has 0 amide bonds. The molecule has 0 spiro atoms. The summed E-state index contributed by atoms with van der Waals surface area (Å²) in [6.07, 6.45) is 0. The summed E-state index contributed by atoms with van der Waals surface area (Å²) in [6.45, 7) is 0. The number of benzene rings is 1. The molecule has 0 atom stereocenters. The van der Waals surface area contributed by atoms with E-state index in [1.165, 1.54) is 18.2 Å². The molecule has 1 aromatic carbocycles. The van der Waals surface area contributed by atoms with Crippen LogP contribution in [0.15, 0.2) is 39.0 Å². The third-order valence-electron chi connectivity index (χ3n) is 2.04. The molecule has 0 bridgehead atoms. The molecule has 18 heavy (non-hydrogen) atoms. The van der Waals surface area contributed by atoms with Gasteiger partial charge >= 0.3 is 0 Å². The summed E-state index contributed by atoms with van der Waals surface area (Å²) in [5.41, 5.74) is 0.105. The molecule has 1 aromatic heterocycles. The van der Waals surface area contributed by atoms with Crippen LogP contribution in [0.5, 0.6) is 5.75 Å². The zero-order valence-corrected chi connectivity index (χ0v) is 12.7. The maximum absolute atomic E-state index is 12.0. The molecule has 0 unspecified atom stereocenters. The summed E-state index contributed by atoms with van der Waals surface area (Å²) in [5.74, 6) is -0.163. The van der Waals surface area contributed by atoms with Crippen LogP contribution in [0.2, 0.25) is 4.34 Å². The molecule has 0 aliphatic heterocycles. The van der Waals surface area contributed by atoms with Gasteiger partial charge in [-0.3, -0.25) is 4.72 Å². The van der Waals surface area contributed by atoms with Crippen molar-refractivity contribution >= 4 is 54.6 Å². The van der Waals surface area contributed by atoms with E-state index in [0.717, 1.165) is 11.3 Å². The lowest BCUT2D eigenvalue weighted by atomic mass is 10.3. The Morgan fingerprint density at radius 3 is 2.61 bits per heavy atom. The monoisotopic (exact) mass is 367 g/mol. The highest BCUT2D eigenvalue weighted by Gasteiger charge is 2.18. The lowest BCUT2D eigenvalue weighted by molar-refractivity contribution is 0.474. The first-order valence-electron chi connectivity index (χ1n) is 4.66. The molecule has 4 nitrogen and oxygen atoms in total. The second kappa shape index (κ2) is 5.08. The minimum Gasteiger partial charge on any atom is -0.505 e. The van der Waals surface area contributed by atoms with E-state index in [-0.39, 0.29) is 15.6 Å². The van der Waals surface area contributed by atoms with Crippen molar-refractivity contribution in [2.75, 3.05) is 4.72 Å². The first-order chi connectivity index (χ1) is 8.40. The summed E-state index contributed by atoms with van der Waals surface area (Å²) < 4.78 is 27.2. The van der Waals surface area contributed by atoms with Crippen LogP contribution in [0.4, 0.5) is 5.69 Å². The first-order valence-corrected chi connectivity index (χ1v) is 8.13. The number of rotatable bonds is 3. The van der Waals surface area contributed by atoms with Crippen LogP contribution in [0.1, 0.15) is 0 Å². The minimum absolute atomic E-state index is 0.0897. The normalized spacial score (nSPS) is 11.4. The van der Waals surface area contributed by atoms with Crippen LogP contribution in [-0.2, 0) is 10.0 Å². The molecular weight excluding hydrogens is 362 g/mol. The van der Waals surface area contributed by atoms with Crippen LogP contribution < -0.4 is 4.72 Å². The Hall–Kier alpha value is -0.760. The van der Waals surface area contributed by atoms with Gasteiger partial charge in [-0.15, -0.1) is 11.3 Å². The van der Waals surface area contributed by atoms with E-state index in [4.69, 9.17) is 11.6 Å². The number of para-hydroxylation sites is 1. The predicted molar refractivity (Wildman–Crippen MR) is 75.9 cm³/mol. The fourth-order valence-electron chi connectivity index (χ4n) is 1.23. The number of halogens is 2. The number of thiophene rings is 1. The van der Waals surface area contributed by atoms with E-state index in [2.05, 4.69) is 20.7 Å². The fourth-order valence-corrected chi connectivity index (χ4v) is 4.15. The van der Waals surface area contributed by atoms with Crippen molar-refractivity contribution in [3.8, 4) is 5.75 Å². The highest BCUT2D eigenvalue weighted by atomic mass is 79.9. The van der Waals surface area contributed by atoms with Gasteiger partial charge < -0.3 is 5.11 Å². The van der Waals surface area contributed by atoms with Gasteiger partial charge in [-0.2, -0.15) is 0 Å². The second-order valence-corrected chi connectivity index (χ2v) is 7.78. The average Bonchev–Trinajstić information content (AvgIpc) is 2.72. The number of phenols is 1. The van der Waals surface area contributed by atoms with Crippen LogP contribution in [0.3, 0.4) is 0 Å². The summed E-state index contributed by atoms with van der Waals surface area (Å²) in [5, 5.41) is 9.72. The molecular formula is C10H7BrClNO3S2. The maximum Gasteiger partial charge on any atom is 0.271 e. The van der Waals surface area contributed by atoms with Gasteiger partial charge in [0.05, 0.1) is 14.5 Å². The highest BCUT2D eigenvalue weighted by molar-refractivity contribution is 9.10. The van der Waals surface area contributed by atoms with E-state index >= 15 is 0 Å². The van der Waals surface area contributed by atoms with E-state index in [1.54, 1.807) is 12.1 Å². The zero-order chi connectivity index (χ0) is 13.3. The molecule has 0 saturated heterocycles. The van der Waals surface area contributed by atoms with Crippen LogP contribution in [-0.4, -0.2) is 13.5 Å². The van der Waals surface area contributed by atoms with Crippen molar-refractivity contribution in [1.82, 2.24) is 0 Å². The summed E-state index contributed by atoms with van der Waals surface area (Å²) in [7, 11) is -3.73. The van der Waals surface area contributed by atoms with Gasteiger partial charge in [0, 0.05) is 0 Å². The predicted octanol–water partition coefficient (Wildman–Crippen LogP) is 3.67. The largest absolute Gasteiger partial charge is 0.505 e. The average molecular weight is 369 g/mol. The molecule has 0 aliphatic rings. The number of hydrogen-bond acceptors (Lipinski definition) is 4. The van der Waals surface area contributed by atoms with Gasteiger partial charge in [0.1, 0.15) is 4.21 Å². The molecule has 0 fully saturated rings. The van der Waals surface area contributed by atoms with Crippen molar-refractivity contribution in [2.45, 2.75) is 4.21 Å². The number of sulfonamides is 1. The molecule has 2 aromatic rings. The Kier molecular flexibility index (Phi) is 3.86. The molecule has 0 radical (unpaired) electrons. The number of anilines is 1. The van der Waals surface area contributed by atoms with Gasteiger partial charge in [-0.05, 0) is 40.2 Å². The van der Waals surface area contributed by atoms with Crippen molar-refractivity contribution < 1.29 is 13.5 Å². The standard InChI is InChI=1S/C10H7BrClNO3S2/c11-6-2-1-3-7(10(6)14)13-18(15,16)9-5-4-8(12)17-9/h1-5,13-14H. The summed E-state index contributed by atoms with van der Waals surface area (Å²) in [4.78, 5) is 0. The molecule has 96 valence electrons. The van der Waals surface area contributed by atoms with E-state index < -0.39 is 10.0 Å². The van der Waals surface area contributed by atoms with Crippen molar-refractivity contribution in [1.29, 1.82) is 0 Å². The van der Waals surface area contributed by atoms with Gasteiger partial charge in [0.15, 0.2) is 5.75 Å². The Balaban J connectivity index is 2.37. The molecule has 1 heterocycles. The second-order valence-electron chi connectivity index (χ2n) is 3.30. The van der Waals surface area contributed by atoms with Crippen LogP contribution in [0.25, 0.3) is 0 Å². The molecule has 0 saturated carbocycles. The first kappa shape index (κ1) is 13.7. The molecule has 8 heteroatoms. The van der Waals surface area contributed by atoms with Crippen molar-refractivity contribution in [3.05, 3.63) is 39.1 Å². The smallest absolute Gasteiger partial charge is 0.271 e. The highest BCUT2D eigenvalue weighted by Crippen LogP contribution is 2.34. The Morgan fingerprint density at radius 2 is 2.00 bits per heavy atom. The zero-order valence-electron chi connectivity index (χ0n) is 8.72. The number of aromatic hydroxyl groups is 1. The van der Waals surface area contributed by atoms with E-state index in [9.17, 15) is 13.5 Å². The number of phenolic OH excluding ortho intramolecular Hbond substituents is 1. The van der Waals surface area contributed by atoms with Crippen molar-refractivity contribution in [2.24, 2.45) is 0 Å². The van der Waals surface area contributed by atoms with Gasteiger partial charge in [0.2, 0.25) is 0 Å². The summed E-state index contributed by atoms with van der Waals surface area (Å²) in [6, 6.07) is 7.59. The number of hydrogen-bond donors (Lipinski definition) is 2. The molecule has 2 N–H and O–H groups in total. The molecule has 0 aliphatic carbocycles. The quantitative estimate of drug-likeness (QED) is 0.812. The maximum atomic E-state index is 12.0. The van der Waals surface area contributed by atoms with Crippen molar-refractivity contribution in [3.63, 3.8) is 0 Å². The molecule has 2 rings (SSSR count).